The molecule has 0 atom stereocenters. The van der Waals surface area contributed by atoms with E-state index < -0.39 is 15.1 Å². The van der Waals surface area contributed by atoms with Gasteiger partial charge in [-0.1, -0.05) is 92.9 Å². The number of hydrogen-bond acceptors (Lipinski definition) is 4. The molecule has 0 rings (SSSR count). The maximum atomic E-state index is 10.7. The highest BCUT2D eigenvalue weighted by Gasteiger charge is 2.34. The van der Waals surface area contributed by atoms with Gasteiger partial charge in [0, 0.05) is 7.26 Å². The minimum atomic E-state index is -3.98. The summed E-state index contributed by atoms with van der Waals surface area (Å²) in [7, 11) is -4.59. The molecule has 0 radical (unpaired) electrons. The van der Waals surface area contributed by atoms with Gasteiger partial charge in [0.15, 0.2) is 0 Å². The Morgan fingerprint density at radius 1 is 0.531 bits per heavy atom. The number of unbranched alkanes of at least 4 members (excludes halogenated alkanes) is 8. The summed E-state index contributed by atoms with van der Waals surface area (Å²) in [5.74, 6) is 0. The summed E-state index contributed by atoms with van der Waals surface area (Å²) >= 11 is 0. The molecule has 0 saturated carbocycles. The molecule has 0 aliphatic carbocycles. The minimum absolute atomic E-state index is 0.199. The molecule has 0 heterocycles. The molecule has 0 spiro atoms. The first-order valence-corrected chi connectivity index (χ1v) is 17.8. The number of hydrogen-bond donors (Lipinski definition) is 0. The fourth-order valence-corrected chi connectivity index (χ4v) is 9.71. The van der Waals surface area contributed by atoms with E-state index in [9.17, 15) is 9.46 Å². The highest BCUT2D eigenvalue weighted by Crippen LogP contribution is 2.61. The number of phosphoric acid groups is 1. The summed E-state index contributed by atoms with van der Waals surface area (Å²) in [6.07, 6.45) is 25.3. The van der Waals surface area contributed by atoms with Crippen molar-refractivity contribution >= 4 is 15.1 Å². The minimum Gasteiger partial charge on any atom is -0.756 e. The Labute approximate surface area is 203 Å². The van der Waals surface area contributed by atoms with Crippen molar-refractivity contribution in [3.63, 3.8) is 0 Å². The fraction of sp³-hybridized carbons (Fsp3) is 1.00. The van der Waals surface area contributed by atoms with Crippen molar-refractivity contribution in [1.29, 1.82) is 0 Å². The second-order valence-electron chi connectivity index (χ2n) is 9.18. The molecule has 0 aliphatic heterocycles. The van der Waals surface area contributed by atoms with Gasteiger partial charge in [-0.25, -0.2) is 0 Å². The van der Waals surface area contributed by atoms with Gasteiger partial charge in [0.1, 0.15) is 0 Å². The lowest BCUT2D eigenvalue weighted by Gasteiger charge is -2.28. The van der Waals surface area contributed by atoms with E-state index in [0.717, 1.165) is 0 Å². The van der Waals surface area contributed by atoms with Gasteiger partial charge in [-0.15, -0.1) is 0 Å². The van der Waals surface area contributed by atoms with Crippen molar-refractivity contribution in [1.82, 2.24) is 0 Å². The van der Waals surface area contributed by atoms with E-state index in [1.165, 1.54) is 77.0 Å². The summed E-state index contributed by atoms with van der Waals surface area (Å²) in [5, 5.41) is 0. The van der Waals surface area contributed by atoms with Crippen LogP contribution in [0.2, 0.25) is 0 Å². The summed E-state index contributed by atoms with van der Waals surface area (Å²) in [6.45, 7) is 13.5. The number of rotatable bonds is 22. The zero-order valence-corrected chi connectivity index (χ0v) is 24.5. The van der Waals surface area contributed by atoms with Crippen LogP contribution in [-0.2, 0) is 13.6 Å². The van der Waals surface area contributed by atoms with Crippen LogP contribution in [-0.4, -0.2) is 37.9 Å². The zero-order valence-electron chi connectivity index (χ0n) is 22.7. The molecule has 0 fully saturated rings. The molecule has 0 aliphatic rings. The standard InChI is InChI=1S/C20H44P.C6H15O4P/c1-5-9-13-17-21(18-14-10-6-2,19-15-11-7-3)20-16-12-8-4;1-3-5-9-11(7,8)10-6-4-2/h5-20H2,1-4H3;3-6H2,1-2H3,(H,7,8)/q+1;/p-1. The molecular formula is C26H58O4P2. The van der Waals surface area contributed by atoms with Crippen LogP contribution >= 0.6 is 15.1 Å². The molecule has 0 amide bonds. The van der Waals surface area contributed by atoms with Gasteiger partial charge in [-0.3, -0.25) is 4.57 Å². The van der Waals surface area contributed by atoms with E-state index in [-0.39, 0.29) is 13.2 Å². The van der Waals surface area contributed by atoms with E-state index in [0.29, 0.717) is 12.8 Å². The lowest BCUT2D eigenvalue weighted by atomic mass is 10.3. The van der Waals surface area contributed by atoms with E-state index in [2.05, 4.69) is 36.7 Å². The summed E-state index contributed by atoms with van der Waals surface area (Å²) in [4.78, 5) is 10.7. The lowest BCUT2D eigenvalue weighted by molar-refractivity contribution is -0.225. The molecule has 0 unspecified atom stereocenters. The Morgan fingerprint density at radius 2 is 0.812 bits per heavy atom. The second kappa shape index (κ2) is 24.7. The fourth-order valence-electron chi connectivity index (χ4n) is 3.90. The van der Waals surface area contributed by atoms with Crippen molar-refractivity contribution in [2.75, 3.05) is 37.9 Å². The Morgan fingerprint density at radius 3 is 1.03 bits per heavy atom. The normalized spacial score (nSPS) is 12.0. The maximum absolute atomic E-state index is 10.7. The summed E-state index contributed by atoms with van der Waals surface area (Å²) < 4.78 is 19.6. The average molecular weight is 497 g/mol. The molecular weight excluding hydrogens is 438 g/mol. The van der Waals surface area contributed by atoms with E-state index >= 15 is 0 Å². The van der Waals surface area contributed by atoms with Gasteiger partial charge in [0.2, 0.25) is 0 Å². The first-order valence-electron chi connectivity index (χ1n) is 13.8. The lowest BCUT2D eigenvalue weighted by Crippen LogP contribution is -2.13. The molecule has 4 nitrogen and oxygen atoms in total. The Bertz CT molecular complexity index is 361. The molecule has 0 saturated heterocycles. The predicted molar refractivity (Wildman–Crippen MR) is 145 cm³/mol. The Hall–Kier alpha value is 0.540. The van der Waals surface area contributed by atoms with Crippen LogP contribution in [0.25, 0.3) is 0 Å². The first-order chi connectivity index (χ1) is 15.4. The number of phosphoric ester groups is 1. The van der Waals surface area contributed by atoms with Crippen molar-refractivity contribution in [3.8, 4) is 0 Å². The molecule has 0 aromatic heterocycles. The second-order valence-corrected chi connectivity index (χ2v) is 15.1. The van der Waals surface area contributed by atoms with Crippen LogP contribution < -0.4 is 4.89 Å². The van der Waals surface area contributed by atoms with Crippen LogP contribution in [0.15, 0.2) is 0 Å². The molecule has 6 heteroatoms. The van der Waals surface area contributed by atoms with Crippen LogP contribution in [0.4, 0.5) is 0 Å². The third-order valence-corrected chi connectivity index (χ3v) is 11.9. The summed E-state index contributed by atoms with van der Waals surface area (Å²) in [5.41, 5.74) is 0. The van der Waals surface area contributed by atoms with Crippen LogP contribution in [0, 0.1) is 0 Å². The Kier molecular flexibility index (Phi) is 26.7. The predicted octanol–water partition coefficient (Wildman–Crippen LogP) is 9.07. The van der Waals surface area contributed by atoms with Gasteiger partial charge in [-0.05, 0) is 38.5 Å². The van der Waals surface area contributed by atoms with Gasteiger partial charge in [0.05, 0.1) is 37.9 Å². The van der Waals surface area contributed by atoms with Crippen molar-refractivity contribution in [2.24, 2.45) is 0 Å². The van der Waals surface area contributed by atoms with Crippen molar-refractivity contribution < 1.29 is 18.5 Å². The monoisotopic (exact) mass is 496 g/mol. The average Bonchev–Trinajstić information content (AvgIpc) is 2.77. The van der Waals surface area contributed by atoms with E-state index in [1.54, 1.807) is 24.6 Å². The third kappa shape index (κ3) is 22.3. The van der Waals surface area contributed by atoms with E-state index in [1.807, 2.05) is 13.8 Å². The van der Waals surface area contributed by atoms with Gasteiger partial charge < -0.3 is 13.9 Å². The topological polar surface area (TPSA) is 58.6 Å². The van der Waals surface area contributed by atoms with Gasteiger partial charge in [0.25, 0.3) is 7.82 Å². The van der Waals surface area contributed by atoms with Crippen molar-refractivity contribution in [2.45, 2.75) is 131 Å². The Balaban J connectivity index is 0. The third-order valence-electron chi connectivity index (χ3n) is 5.85. The highest BCUT2D eigenvalue weighted by molar-refractivity contribution is 7.75. The molecule has 0 aromatic carbocycles. The van der Waals surface area contributed by atoms with Crippen LogP contribution in [0.5, 0.6) is 0 Å². The molecule has 32 heavy (non-hydrogen) atoms. The molecule has 0 N–H and O–H groups in total. The highest BCUT2D eigenvalue weighted by atomic mass is 31.2. The first kappa shape index (κ1) is 34.7. The van der Waals surface area contributed by atoms with Gasteiger partial charge in [-0.2, -0.15) is 0 Å². The van der Waals surface area contributed by atoms with Crippen LogP contribution in [0.1, 0.15) is 131 Å². The van der Waals surface area contributed by atoms with E-state index in [4.69, 9.17) is 0 Å². The molecule has 196 valence electrons. The van der Waals surface area contributed by atoms with Crippen LogP contribution in [0.3, 0.4) is 0 Å². The summed E-state index contributed by atoms with van der Waals surface area (Å²) in [6, 6.07) is 0. The van der Waals surface area contributed by atoms with Gasteiger partial charge >= 0.3 is 0 Å². The molecule has 0 aromatic rings. The molecule has 0 bridgehead atoms. The quantitative estimate of drug-likeness (QED) is 0.111. The largest absolute Gasteiger partial charge is 0.756 e. The SMILES string of the molecule is CCCCC[P+](CCCCC)(CCCCC)CCCCC.CCCOP(=O)([O-])OCCC. The maximum Gasteiger partial charge on any atom is 0.267 e. The van der Waals surface area contributed by atoms with Crippen molar-refractivity contribution in [3.05, 3.63) is 0 Å². The zero-order chi connectivity index (χ0) is 24.6. The smallest absolute Gasteiger partial charge is 0.267 e.